The van der Waals surface area contributed by atoms with Crippen molar-refractivity contribution in [1.29, 1.82) is 0 Å². The molecule has 0 aliphatic heterocycles. The summed E-state index contributed by atoms with van der Waals surface area (Å²) in [5.74, 6) is -0.603. The van der Waals surface area contributed by atoms with Crippen LogP contribution in [0.15, 0.2) is 68.6 Å². The van der Waals surface area contributed by atoms with E-state index in [2.05, 4.69) is 35.0 Å². The van der Waals surface area contributed by atoms with E-state index in [1.165, 1.54) is 19.2 Å². The van der Waals surface area contributed by atoms with Crippen molar-refractivity contribution in [2.45, 2.75) is 4.90 Å². The van der Waals surface area contributed by atoms with Crippen molar-refractivity contribution in [2.75, 3.05) is 13.4 Å². The van der Waals surface area contributed by atoms with Crippen LogP contribution >= 0.6 is 39.1 Å². The summed E-state index contributed by atoms with van der Waals surface area (Å²) < 4.78 is 32.9. The molecule has 0 spiro atoms. The van der Waals surface area contributed by atoms with Gasteiger partial charge < -0.3 is 10.5 Å². The minimum atomic E-state index is -3.39. The highest BCUT2D eigenvalue weighted by Gasteiger charge is 2.22. The zero-order chi connectivity index (χ0) is 23.5. The van der Waals surface area contributed by atoms with Crippen LogP contribution in [0, 0.1) is 0 Å². The molecule has 0 radical (unpaired) electrons. The first-order chi connectivity index (χ1) is 15.1. The molecule has 0 aliphatic rings. The van der Waals surface area contributed by atoms with Gasteiger partial charge in [0, 0.05) is 11.8 Å². The second-order valence-corrected chi connectivity index (χ2v) is 10.3. The molecule has 0 unspecified atom stereocenters. The zero-order valence-corrected chi connectivity index (χ0v) is 20.7. The number of carbonyl (C=O) groups excluding carboxylic acids is 1. The molecule has 0 saturated heterocycles. The van der Waals surface area contributed by atoms with Gasteiger partial charge in [-0.2, -0.15) is 4.37 Å². The number of sulfone groups is 1. The van der Waals surface area contributed by atoms with Gasteiger partial charge in [-0.15, -0.1) is 0 Å². The normalized spacial score (nSPS) is 12.9. The molecule has 166 valence electrons. The first kappa shape index (κ1) is 24.1. The number of ether oxygens (including phenoxy) is 1. The number of aliphatic imine (C=N–C) groups is 1. The van der Waals surface area contributed by atoms with E-state index in [1.807, 2.05) is 0 Å². The highest BCUT2D eigenvalue weighted by molar-refractivity contribution is 9.12. The third kappa shape index (κ3) is 5.41. The molecule has 2 N–H and O–H groups in total. The summed E-state index contributed by atoms with van der Waals surface area (Å²) in [5.41, 5.74) is 6.82. The Kier molecular flexibility index (Phi) is 7.44. The van der Waals surface area contributed by atoms with E-state index >= 15 is 0 Å². The van der Waals surface area contributed by atoms with Crippen molar-refractivity contribution in [3.05, 3.63) is 69.6 Å². The Morgan fingerprint density at radius 2 is 1.94 bits per heavy atom. The van der Waals surface area contributed by atoms with Crippen molar-refractivity contribution < 1.29 is 17.9 Å². The first-order valence-electron chi connectivity index (χ1n) is 8.83. The topological polar surface area (TPSA) is 125 Å². The molecule has 12 heteroatoms. The first-order valence-corrected chi connectivity index (χ1v) is 12.7. The maximum atomic E-state index is 12.0. The van der Waals surface area contributed by atoms with E-state index < -0.39 is 15.8 Å². The van der Waals surface area contributed by atoms with Gasteiger partial charge in [0.05, 0.1) is 27.2 Å². The minimum absolute atomic E-state index is 0.124. The second kappa shape index (κ2) is 9.90. The molecule has 32 heavy (non-hydrogen) atoms. The van der Waals surface area contributed by atoms with Gasteiger partial charge in [0.2, 0.25) is 0 Å². The molecule has 0 bridgehead atoms. The molecule has 0 aliphatic carbocycles. The summed E-state index contributed by atoms with van der Waals surface area (Å²) >= 11 is 10.6. The minimum Gasteiger partial charge on any atom is -0.464 e. The largest absolute Gasteiger partial charge is 0.464 e. The van der Waals surface area contributed by atoms with Gasteiger partial charge >= 0.3 is 5.97 Å². The fourth-order valence-corrected chi connectivity index (χ4v) is 4.42. The van der Waals surface area contributed by atoms with Crippen LogP contribution in [-0.4, -0.2) is 42.8 Å². The molecule has 0 amide bonds. The molecule has 0 fully saturated rings. The van der Waals surface area contributed by atoms with Crippen LogP contribution in [-0.2, 0) is 19.4 Å². The third-order valence-corrected chi connectivity index (χ3v) is 7.08. The number of esters is 1. The predicted octanol–water partition coefficient (Wildman–Crippen LogP) is 4.12. The van der Waals surface area contributed by atoms with E-state index in [9.17, 15) is 13.2 Å². The number of allylic oxidation sites excluding steroid dienone is 1. The van der Waals surface area contributed by atoms with Crippen LogP contribution in [0.5, 0.6) is 0 Å². The second-order valence-electron chi connectivity index (χ2n) is 6.35. The average Bonchev–Trinajstić information content (AvgIpc) is 3.26. The highest BCUT2D eigenvalue weighted by Crippen LogP contribution is 2.30. The lowest BCUT2D eigenvalue weighted by Gasteiger charge is -2.07. The number of rotatable bonds is 6. The number of methoxy groups -OCH3 is 1. The monoisotopic (exact) mass is 554 g/mol. The van der Waals surface area contributed by atoms with Gasteiger partial charge in [-0.25, -0.2) is 23.2 Å². The summed E-state index contributed by atoms with van der Waals surface area (Å²) in [7, 11) is -2.19. The summed E-state index contributed by atoms with van der Waals surface area (Å²) in [6, 6.07) is 13.2. The van der Waals surface area contributed by atoms with Crippen LogP contribution in [0.3, 0.4) is 0 Å². The lowest BCUT2D eigenvalue weighted by molar-refractivity contribution is -0.136. The van der Waals surface area contributed by atoms with Gasteiger partial charge in [-0.1, -0.05) is 35.9 Å². The number of benzene rings is 2. The van der Waals surface area contributed by atoms with E-state index in [4.69, 9.17) is 17.3 Å². The number of nitrogens with two attached hydrogens (primary N) is 1. The Morgan fingerprint density at radius 3 is 2.59 bits per heavy atom. The molecule has 8 nitrogen and oxygen atoms in total. The Balaban J connectivity index is 2.15. The van der Waals surface area contributed by atoms with Crippen LogP contribution in [0.2, 0.25) is 5.02 Å². The third-order valence-electron chi connectivity index (χ3n) is 4.08. The lowest BCUT2D eigenvalue weighted by Crippen LogP contribution is -2.18. The molecular formula is C20H16BrClN4O4S2. The van der Waals surface area contributed by atoms with Crippen molar-refractivity contribution >= 4 is 66.3 Å². The fourth-order valence-electron chi connectivity index (χ4n) is 2.48. The fraction of sp³-hybridized carbons (Fsp3) is 0.100. The van der Waals surface area contributed by atoms with Crippen LogP contribution in [0.1, 0.15) is 5.82 Å². The quantitative estimate of drug-likeness (QED) is 0.275. The van der Waals surface area contributed by atoms with E-state index in [-0.39, 0.29) is 26.6 Å². The number of aromatic nitrogens is 2. The van der Waals surface area contributed by atoms with E-state index in [0.29, 0.717) is 21.3 Å². The molecule has 2 aromatic carbocycles. The van der Waals surface area contributed by atoms with Crippen molar-refractivity contribution in [2.24, 2.45) is 10.7 Å². The van der Waals surface area contributed by atoms with E-state index in [0.717, 1.165) is 17.8 Å². The SMILES string of the molecule is COC(=O)/C(N)=C(\Br)C(=Nc1ccccc1Cl)c1nsc(-c2cccc(S(C)(=O)=O)c2)n1. The van der Waals surface area contributed by atoms with Crippen LogP contribution in [0.25, 0.3) is 10.6 Å². The van der Waals surface area contributed by atoms with Crippen molar-refractivity contribution in [1.82, 2.24) is 9.36 Å². The van der Waals surface area contributed by atoms with E-state index in [1.54, 1.807) is 36.4 Å². The average molecular weight is 556 g/mol. The summed E-state index contributed by atoms with van der Waals surface area (Å²) in [4.78, 5) is 21.1. The number of hydrogen-bond acceptors (Lipinski definition) is 9. The highest BCUT2D eigenvalue weighted by atomic mass is 79.9. The Bertz CT molecular complexity index is 1350. The maximum Gasteiger partial charge on any atom is 0.355 e. The summed E-state index contributed by atoms with van der Waals surface area (Å²) in [6.45, 7) is 0. The van der Waals surface area contributed by atoms with Gasteiger partial charge in [0.1, 0.15) is 16.4 Å². The van der Waals surface area contributed by atoms with Crippen LogP contribution < -0.4 is 5.73 Å². The molecule has 1 heterocycles. The number of nitrogens with zero attached hydrogens (tertiary/aromatic N) is 3. The molecule has 1 aromatic heterocycles. The Hall–Kier alpha value is -2.60. The standard InChI is InChI=1S/C20H16BrClN4O4S2/c1-30-20(27)16(23)15(21)17(24-14-9-4-3-8-13(14)22)18-25-19(31-26-18)11-6-5-7-12(10-11)32(2,28)29/h3-10H,23H2,1-2H3/b16-15+,24-17?. The van der Waals surface area contributed by atoms with Gasteiger partial charge in [0.15, 0.2) is 15.7 Å². The Labute approximate surface area is 202 Å². The number of carbonyl (C=O) groups is 1. The Morgan fingerprint density at radius 1 is 1.22 bits per heavy atom. The lowest BCUT2D eigenvalue weighted by atomic mass is 10.2. The van der Waals surface area contributed by atoms with Gasteiger partial charge in [0.25, 0.3) is 0 Å². The zero-order valence-electron chi connectivity index (χ0n) is 16.7. The molecule has 0 atom stereocenters. The number of hydrogen-bond donors (Lipinski definition) is 1. The molecule has 0 saturated carbocycles. The summed E-state index contributed by atoms with van der Waals surface area (Å²) in [6.07, 6.45) is 1.13. The van der Waals surface area contributed by atoms with Gasteiger partial charge in [-0.3, -0.25) is 0 Å². The molecule has 3 rings (SSSR count). The smallest absolute Gasteiger partial charge is 0.355 e. The summed E-state index contributed by atoms with van der Waals surface area (Å²) in [5, 5.41) is 0.826. The van der Waals surface area contributed by atoms with Crippen molar-refractivity contribution in [3.8, 4) is 10.6 Å². The molecular weight excluding hydrogens is 540 g/mol. The number of para-hydroxylation sites is 1. The predicted molar refractivity (Wildman–Crippen MR) is 128 cm³/mol. The van der Waals surface area contributed by atoms with Crippen LogP contribution in [0.4, 0.5) is 5.69 Å². The van der Waals surface area contributed by atoms with Gasteiger partial charge in [-0.05, 0) is 51.7 Å². The number of halogens is 2. The molecule has 3 aromatic rings. The van der Waals surface area contributed by atoms with Crippen molar-refractivity contribution in [3.63, 3.8) is 0 Å². The maximum absolute atomic E-state index is 12.0.